The van der Waals surface area contributed by atoms with Crippen LogP contribution in [0.1, 0.15) is 29.8 Å². The fourth-order valence-corrected chi connectivity index (χ4v) is 2.22. The lowest BCUT2D eigenvalue weighted by molar-refractivity contribution is 0.103. The molecule has 116 valence electrons. The van der Waals surface area contributed by atoms with E-state index < -0.39 is 0 Å². The summed E-state index contributed by atoms with van der Waals surface area (Å²) in [5.41, 5.74) is 13.5. The van der Waals surface area contributed by atoms with Crippen molar-refractivity contribution in [1.82, 2.24) is 0 Å². The van der Waals surface area contributed by atoms with Crippen LogP contribution in [0.4, 0.5) is 11.4 Å². The Morgan fingerprint density at radius 1 is 1.05 bits per heavy atom. The van der Waals surface area contributed by atoms with Gasteiger partial charge in [0.15, 0.2) is 11.5 Å². The molecular formula is C17H20N2O3. The lowest BCUT2D eigenvalue weighted by Crippen LogP contribution is -2.12. The molecule has 0 heterocycles. The van der Waals surface area contributed by atoms with Gasteiger partial charge in [-0.2, -0.15) is 0 Å². The van der Waals surface area contributed by atoms with Gasteiger partial charge >= 0.3 is 0 Å². The number of benzene rings is 2. The third-order valence-corrected chi connectivity index (χ3v) is 3.16. The van der Waals surface area contributed by atoms with Crippen LogP contribution in [0.15, 0.2) is 36.4 Å². The van der Waals surface area contributed by atoms with Crippen LogP contribution in [0.25, 0.3) is 0 Å². The van der Waals surface area contributed by atoms with Crippen molar-refractivity contribution < 1.29 is 14.3 Å². The van der Waals surface area contributed by atoms with Gasteiger partial charge in [-0.1, -0.05) is 30.3 Å². The van der Waals surface area contributed by atoms with Gasteiger partial charge in [0, 0.05) is 11.6 Å². The number of nitrogen functional groups attached to an aromatic ring is 2. The van der Waals surface area contributed by atoms with Crippen molar-refractivity contribution in [2.75, 3.05) is 24.7 Å². The van der Waals surface area contributed by atoms with E-state index in [1.54, 1.807) is 30.3 Å². The van der Waals surface area contributed by atoms with Crippen LogP contribution in [0.3, 0.4) is 0 Å². The van der Waals surface area contributed by atoms with E-state index >= 15 is 0 Å². The molecule has 0 aliphatic heterocycles. The summed E-state index contributed by atoms with van der Waals surface area (Å²) in [7, 11) is 0. The van der Waals surface area contributed by atoms with Crippen LogP contribution in [-0.2, 0) is 0 Å². The minimum Gasteiger partial charge on any atom is -0.493 e. The highest BCUT2D eigenvalue weighted by Gasteiger charge is 2.23. The number of anilines is 2. The summed E-state index contributed by atoms with van der Waals surface area (Å²) in [4.78, 5) is 12.8. The number of hydrogen-bond acceptors (Lipinski definition) is 5. The van der Waals surface area contributed by atoms with Gasteiger partial charge in [0.05, 0.1) is 30.2 Å². The van der Waals surface area contributed by atoms with Crippen molar-refractivity contribution >= 4 is 17.2 Å². The predicted octanol–water partition coefficient (Wildman–Crippen LogP) is 2.88. The largest absolute Gasteiger partial charge is 0.493 e. The van der Waals surface area contributed by atoms with Crippen molar-refractivity contribution in [3.05, 3.63) is 47.5 Å². The molecule has 0 radical (unpaired) electrons. The molecule has 0 aliphatic rings. The van der Waals surface area contributed by atoms with Gasteiger partial charge in [0.25, 0.3) is 0 Å². The molecule has 5 heteroatoms. The summed E-state index contributed by atoms with van der Waals surface area (Å²) in [6.45, 7) is 4.47. The number of nitrogens with two attached hydrogens (primary N) is 2. The second kappa shape index (κ2) is 6.85. The highest BCUT2D eigenvalue weighted by molar-refractivity contribution is 6.15. The molecule has 0 saturated heterocycles. The normalized spacial score (nSPS) is 10.3. The SMILES string of the molecule is CCOc1cc(N)c(OCC)c(N)c1C(=O)c1ccccc1. The van der Waals surface area contributed by atoms with E-state index in [-0.39, 0.29) is 17.0 Å². The van der Waals surface area contributed by atoms with E-state index in [9.17, 15) is 4.79 Å². The first-order chi connectivity index (χ1) is 10.6. The summed E-state index contributed by atoms with van der Waals surface area (Å²) in [6.07, 6.45) is 0. The van der Waals surface area contributed by atoms with Gasteiger partial charge in [0.2, 0.25) is 0 Å². The average Bonchev–Trinajstić information content (AvgIpc) is 2.52. The molecule has 0 saturated carbocycles. The monoisotopic (exact) mass is 300 g/mol. The topological polar surface area (TPSA) is 87.6 Å². The van der Waals surface area contributed by atoms with Crippen molar-refractivity contribution in [2.24, 2.45) is 0 Å². The fraction of sp³-hybridized carbons (Fsp3) is 0.235. The van der Waals surface area contributed by atoms with E-state index in [1.165, 1.54) is 0 Å². The minimum atomic E-state index is -0.220. The Morgan fingerprint density at radius 2 is 1.68 bits per heavy atom. The molecule has 0 aromatic heterocycles. The van der Waals surface area contributed by atoms with E-state index in [2.05, 4.69) is 0 Å². The molecule has 4 N–H and O–H groups in total. The second-order valence-electron chi connectivity index (χ2n) is 4.64. The molecule has 0 unspecified atom stereocenters. The zero-order chi connectivity index (χ0) is 16.1. The van der Waals surface area contributed by atoms with E-state index in [1.807, 2.05) is 19.9 Å². The van der Waals surface area contributed by atoms with Gasteiger partial charge in [-0.25, -0.2) is 0 Å². The summed E-state index contributed by atoms with van der Waals surface area (Å²) < 4.78 is 11.0. The zero-order valence-electron chi connectivity index (χ0n) is 12.8. The molecular weight excluding hydrogens is 280 g/mol. The Hall–Kier alpha value is -2.69. The zero-order valence-corrected chi connectivity index (χ0v) is 12.8. The minimum absolute atomic E-state index is 0.208. The van der Waals surface area contributed by atoms with Crippen LogP contribution >= 0.6 is 0 Å². The molecule has 0 fully saturated rings. The lowest BCUT2D eigenvalue weighted by Gasteiger charge is -2.17. The van der Waals surface area contributed by atoms with E-state index in [0.717, 1.165) is 0 Å². The van der Waals surface area contributed by atoms with Gasteiger partial charge in [-0.3, -0.25) is 4.79 Å². The first-order valence-corrected chi connectivity index (χ1v) is 7.17. The average molecular weight is 300 g/mol. The smallest absolute Gasteiger partial charge is 0.198 e. The van der Waals surface area contributed by atoms with Crippen LogP contribution in [0, 0.1) is 0 Å². The van der Waals surface area contributed by atoms with E-state index in [4.69, 9.17) is 20.9 Å². The second-order valence-corrected chi connectivity index (χ2v) is 4.64. The van der Waals surface area contributed by atoms with Gasteiger partial charge < -0.3 is 20.9 Å². The number of carbonyl (C=O) groups excluding carboxylic acids is 1. The highest BCUT2D eigenvalue weighted by Crippen LogP contribution is 2.40. The first kappa shape index (κ1) is 15.7. The molecule has 0 bridgehead atoms. The predicted molar refractivity (Wildman–Crippen MR) is 87.5 cm³/mol. The van der Waals surface area contributed by atoms with Crippen molar-refractivity contribution in [1.29, 1.82) is 0 Å². The Balaban J connectivity index is 2.61. The maximum absolute atomic E-state index is 12.8. The lowest BCUT2D eigenvalue weighted by atomic mass is 9.99. The third-order valence-electron chi connectivity index (χ3n) is 3.16. The van der Waals surface area contributed by atoms with Crippen molar-refractivity contribution in [2.45, 2.75) is 13.8 Å². The molecule has 0 spiro atoms. The standard InChI is InChI=1S/C17H20N2O3/c1-3-21-13-10-12(18)17(22-4-2)15(19)14(13)16(20)11-8-6-5-7-9-11/h5-10H,3-4,18-19H2,1-2H3. The highest BCUT2D eigenvalue weighted by atomic mass is 16.5. The molecule has 0 aliphatic carbocycles. The maximum atomic E-state index is 12.8. The van der Waals surface area contributed by atoms with Crippen LogP contribution in [0.2, 0.25) is 0 Å². The van der Waals surface area contributed by atoms with E-state index in [0.29, 0.717) is 36.0 Å². The fourth-order valence-electron chi connectivity index (χ4n) is 2.22. The number of ketones is 1. The third kappa shape index (κ3) is 2.98. The number of ether oxygens (including phenoxy) is 2. The van der Waals surface area contributed by atoms with Gasteiger partial charge in [0.1, 0.15) is 5.75 Å². The van der Waals surface area contributed by atoms with Crippen molar-refractivity contribution in [3.63, 3.8) is 0 Å². The van der Waals surface area contributed by atoms with Gasteiger partial charge in [-0.15, -0.1) is 0 Å². The Labute approximate surface area is 129 Å². The summed E-state index contributed by atoms with van der Waals surface area (Å²) in [5, 5.41) is 0. The Kier molecular flexibility index (Phi) is 4.88. The van der Waals surface area contributed by atoms with Crippen molar-refractivity contribution in [3.8, 4) is 11.5 Å². The molecule has 0 amide bonds. The van der Waals surface area contributed by atoms with Crippen LogP contribution in [-0.4, -0.2) is 19.0 Å². The quantitative estimate of drug-likeness (QED) is 0.632. The maximum Gasteiger partial charge on any atom is 0.198 e. The first-order valence-electron chi connectivity index (χ1n) is 7.17. The number of carbonyl (C=O) groups is 1. The number of rotatable bonds is 6. The Bertz CT molecular complexity index is 669. The molecule has 2 aromatic carbocycles. The van der Waals surface area contributed by atoms with Gasteiger partial charge in [-0.05, 0) is 13.8 Å². The number of hydrogen-bond donors (Lipinski definition) is 2. The molecule has 2 rings (SSSR count). The summed E-state index contributed by atoms with van der Waals surface area (Å²) in [5.74, 6) is 0.475. The molecule has 0 atom stereocenters. The molecule has 5 nitrogen and oxygen atoms in total. The molecule has 2 aromatic rings. The summed E-state index contributed by atoms with van der Waals surface area (Å²) in [6, 6.07) is 10.5. The van der Waals surface area contributed by atoms with Crippen LogP contribution in [0.5, 0.6) is 11.5 Å². The molecule has 22 heavy (non-hydrogen) atoms. The summed E-state index contributed by atoms with van der Waals surface area (Å²) >= 11 is 0. The Morgan fingerprint density at radius 3 is 2.27 bits per heavy atom. The van der Waals surface area contributed by atoms with Crippen LogP contribution < -0.4 is 20.9 Å².